The smallest absolute Gasteiger partial charge is 0.124 e. The van der Waals surface area contributed by atoms with Gasteiger partial charge in [-0.1, -0.05) is 25.4 Å². The summed E-state index contributed by atoms with van der Waals surface area (Å²) in [6.45, 7) is 4.22. The second-order valence-corrected chi connectivity index (χ2v) is 4.91. The van der Waals surface area contributed by atoms with E-state index in [0.717, 1.165) is 12.8 Å². The summed E-state index contributed by atoms with van der Waals surface area (Å²) in [5, 5.41) is 4.82. The molecule has 0 fully saturated rings. The van der Waals surface area contributed by atoms with Crippen molar-refractivity contribution in [3.63, 3.8) is 0 Å². The highest BCUT2D eigenvalue weighted by molar-refractivity contribution is 6.33. The molecule has 0 unspecified atom stereocenters. The van der Waals surface area contributed by atoms with E-state index in [4.69, 9.17) is 17.3 Å². The van der Waals surface area contributed by atoms with E-state index in [1.54, 1.807) is 6.07 Å². The Bertz CT molecular complexity index is 576. The summed E-state index contributed by atoms with van der Waals surface area (Å²) in [5.74, 6) is -0.369. The third-order valence-electron chi connectivity index (χ3n) is 3.26. The molecule has 0 aliphatic carbocycles. The van der Waals surface area contributed by atoms with E-state index in [2.05, 4.69) is 18.9 Å². The first-order valence-corrected chi connectivity index (χ1v) is 6.74. The lowest BCUT2D eigenvalue weighted by Crippen LogP contribution is -2.07. The van der Waals surface area contributed by atoms with Crippen molar-refractivity contribution < 1.29 is 4.39 Å². The number of nitrogens with two attached hydrogens (primary N) is 1. The molecular weight excluding hydrogens is 265 g/mol. The number of hydrogen-bond acceptors (Lipinski definition) is 2. The van der Waals surface area contributed by atoms with Gasteiger partial charge < -0.3 is 5.73 Å². The van der Waals surface area contributed by atoms with Gasteiger partial charge in [0.25, 0.3) is 0 Å². The topological polar surface area (TPSA) is 43.8 Å². The van der Waals surface area contributed by atoms with Crippen molar-refractivity contribution in [1.29, 1.82) is 0 Å². The number of benzene rings is 1. The van der Waals surface area contributed by atoms with E-state index >= 15 is 0 Å². The van der Waals surface area contributed by atoms with Gasteiger partial charge in [0.15, 0.2) is 0 Å². The number of aromatic nitrogens is 2. The quantitative estimate of drug-likeness (QED) is 0.909. The van der Waals surface area contributed by atoms with Crippen molar-refractivity contribution in [3.8, 4) is 11.3 Å². The molecule has 0 bridgehead atoms. The van der Waals surface area contributed by atoms with Crippen LogP contribution in [0.3, 0.4) is 0 Å². The summed E-state index contributed by atoms with van der Waals surface area (Å²) in [6.07, 6.45) is 3.77. The van der Waals surface area contributed by atoms with Crippen molar-refractivity contribution in [2.75, 3.05) is 5.73 Å². The summed E-state index contributed by atoms with van der Waals surface area (Å²) < 4.78 is 14.9. The van der Waals surface area contributed by atoms with E-state index in [1.807, 2.05) is 10.9 Å². The highest BCUT2D eigenvalue weighted by Gasteiger charge is 2.15. The lowest BCUT2D eigenvalue weighted by molar-refractivity contribution is 0.429. The fourth-order valence-corrected chi connectivity index (χ4v) is 2.40. The minimum absolute atomic E-state index is 0.315. The predicted octanol–water partition coefficient (Wildman–Crippen LogP) is 4.29. The third kappa shape index (κ3) is 2.73. The van der Waals surface area contributed by atoms with Gasteiger partial charge >= 0.3 is 0 Å². The van der Waals surface area contributed by atoms with Crippen LogP contribution in [-0.4, -0.2) is 9.78 Å². The number of rotatable bonds is 4. The number of halogens is 2. The summed E-state index contributed by atoms with van der Waals surface area (Å²) >= 11 is 6.05. The Morgan fingerprint density at radius 3 is 2.63 bits per heavy atom. The zero-order valence-corrected chi connectivity index (χ0v) is 11.8. The lowest BCUT2D eigenvalue weighted by atomic mass is 10.1. The number of anilines is 1. The molecule has 19 heavy (non-hydrogen) atoms. The van der Waals surface area contributed by atoms with Gasteiger partial charge in [-0.3, -0.25) is 4.68 Å². The zero-order valence-electron chi connectivity index (χ0n) is 11.0. The van der Waals surface area contributed by atoms with Crippen molar-refractivity contribution in [2.45, 2.75) is 32.7 Å². The Kier molecular flexibility index (Phi) is 4.10. The van der Waals surface area contributed by atoms with Crippen molar-refractivity contribution in [2.24, 2.45) is 0 Å². The number of nitrogen functional groups attached to an aromatic ring is 1. The van der Waals surface area contributed by atoms with Crippen LogP contribution in [0.1, 0.15) is 32.7 Å². The highest BCUT2D eigenvalue weighted by atomic mass is 35.5. The van der Waals surface area contributed by atoms with Crippen LogP contribution in [0, 0.1) is 5.82 Å². The van der Waals surface area contributed by atoms with E-state index in [1.165, 1.54) is 12.1 Å². The highest BCUT2D eigenvalue weighted by Crippen LogP contribution is 2.32. The first-order chi connectivity index (χ1) is 9.06. The Morgan fingerprint density at radius 1 is 1.37 bits per heavy atom. The van der Waals surface area contributed by atoms with Crippen LogP contribution in [0.5, 0.6) is 0 Å². The fourth-order valence-electron chi connectivity index (χ4n) is 2.15. The fraction of sp³-hybridized carbons (Fsp3) is 0.357. The van der Waals surface area contributed by atoms with Crippen LogP contribution in [-0.2, 0) is 0 Å². The van der Waals surface area contributed by atoms with Gasteiger partial charge in [-0.25, -0.2) is 4.39 Å². The molecule has 2 aromatic rings. The molecule has 2 rings (SSSR count). The molecule has 2 N–H and O–H groups in total. The van der Waals surface area contributed by atoms with E-state index in [0.29, 0.717) is 28.0 Å². The maximum atomic E-state index is 13.1. The molecule has 1 aromatic carbocycles. The molecule has 0 spiro atoms. The molecule has 3 nitrogen and oxygen atoms in total. The van der Waals surface area contributed by atoms with Crippen molar-refractivity contribution in [3.05, 3.63) is 35.2 Å². The van der Waals surface area contributed by atoms with Crippen LogP contribution in [0.2, 0.25) is 5.02 Å². The monoisotopic (exact) mass is 281 g/mol. The van der Waals surface area contributed by atoms with Gasteiger partial charge in [0.1, 0.15) is 11.5 Å². The summed E-state index contributed by atoms with van der Waals surface area (Å²) in [6, 6.07) is 4.55. The number of nitrogens with zero attached hydrogens (tertiary/aromatic N) is 2. The minimum atomic E-state index is -0.369. The largest absolute Gasteiger partial charge is 0.396 e. The Morgan fingerprint density at radius 2 is 2.05 bits per heavy atom. The van der Waals surface area contributed by atoms with Crippen LogP contribution < -0.4 is 5.73 Å². The summed E-state index contributed by atoms with van der Waals surface area (Å²) in [4.78, 5) is 0. The summed E-state index contributed by atoms with van der Waals surface area (Å²) in [7, 11) is 0. The van der Waals surface area contributed by atoms with Crippen molar-refractivity contribution >= 4 is 17.3 Å². The van der Waals surface area contributed by atoms with Gasteiger partial charge in [0, 0.05) is 11.8 Å². The van der Waals surface area contributed by atoms with Crippen LogP contribution in [0.15, 0.2) is 24.4 Å². The Labute approximate surface area is 117 Å². The second-order valence-electron chi connectivity index (χ2n) is 4.51. The zero-order chi connectivity index (χ0) is 14.0. The molecule has 0 atom stereocenters. The first kappa shape index (κ1) is 13.9. The van der Waals surface area contributed by atoms with Gasteiger partial charge in [0.05, 0.1) is 16.8 Å². The molecule has 0 radical (unpaired) electrons. The molecule has 0 saturated carbocycles. The van der Waals surface area contributed by atoms with Crippen LogP contribution >= 0.6 is 11.6 Å². The average molecular weight is 282 g/mol. The van der Waals surface area contributed by atoms with E-state index in [9.17, 15) is 4.39 Å². The first-order valence-electron chi connectivity index (χ1n) is 6.36. The molecular formula is C14H17ClFN3. The molecule has 1 aromatic heterocycles. The standard InChI is InChI=1S/C14H17ClFN3/c1-3-10(4-2)19-8-13(17)14(18-19)11-6-5-9(16)7-12(11)15/h5-8,10H,3-4,17H2,1-2H3. The molecule has 1 heterocycles. The van der Waals surface area contributed by atoms with Crippen molar-refractivity contribution in [1.82, 2.24) is 9.78 Å². The Hall–Kier alpha value is -1.55. The minimum Gasteiger partial charge on any atom is -0.396 e. The van der Waals surface area contributed by atoms with Gasteiger partial charge in [-0.05, 0) is 31.0 Å². The molecule has 0 saturated heterocycles. The lowest BCUT2D eigenvalue weighted by Gasteiger charge is -2.12. The van der Waals surface area contributed by atoms with Crippen LogP contribution in [0.4, 0.5) is 10.1 Å². The third-order valence-corrected chi connectivity index (χ3v) is 3.58. The second kappa shape index (κ2) is 5.61. The average Bonchev–Trinajstić information content (AvgIpc) is 2.73. The van der Waals surface area contributed by atoms with Gasteiger partial charge in [0.2, 0.25) is 0 Å². The summed E-state index contributed by atoms with van der Waals surface area (Å²) in [5.41, 5.74) is 7.81. The van der Waals surface area contributed by atoms with Gasteiger partial charge in [-0.2, -0.15) is 5.10 Å². The molecule has 0 aliphatic rings. The van der Waals surface area contributed by atoms with E-state index < -0.39 is 0 Å². The molecule has 0 amide bonds. The maximum absolute atomic E-state index is 13.1. The SMILES string of the molecule is CCC(CC)n1cc(N)c(-c2ccc(F)cc2Cl)n1. The van der Waals surface area contributed by atoms with Crippen LogP contribution in [0.25, 0.3) is 11.3 Å². The van der Waals surface area contributed by atoms with E-state index in [-0.39, 0.29) is 5.82 Å². The normalized spacial score (nSPS) is 11.2. The predicted molar refractivity (Wildman–Crippen MR) is 76.7 cm³/mol. The molecule has 102 valence electrons. The Balaban J connectivity index is 2.45. The maximum Gasteiger partial charge on any atom is 0.124 e. The molecule has 0 aliphatic heterocycles. The molecule has 5 heteroatoms. The number of hydrogen-bond donors (Lipinski definition) is 1. The van der Waals surface area contributed by atoms with Gasteiger partial charge in [-0.15, -0.1) is 0 Å².